The average molecular weight is 267 g/mol. The highest BCUT2D eigenvalue weighted by Crippen LogP contribution is 2.37. The summed E-state index contributed by atoms with van der Waals surface area (Å²) in [6.07, 6.45) is 6.68. The first-order valence-electron chi connectivity index (χ1n) is 7.08. The molecular formula is C16H30OSi. The molecule has 0 aromatic heterocycles. The summed E-state index contributed by atoms with van der Waals surface area (Å²) in [6, 6.07) is 0. The van der Waals surface area contributed by atoms with Gasteiger partial charge in [0.25, 0.3) is 8.32 Å². The number of hydrogen-bond donors (Lipinski definition) is 0. The third kappa shape index (κ3) is 6.30. The van der Waals surface area contributed by atoms with Crippen molar-refractivity contribution in [2.75, 3.05) is 0 Å². The van der Waals surface area contributed by atoms with E-state index in [0.29, 0.717) is 0 Å². The molecule has 0 saturated heterocycles. The second-order valence-electron chi connectivity index (χ2n) is 6.27. The van der Waals surface area contributed by atoms with Crippen molar-refractivity contribution in [3.63, 3.8) is 0 Å². The standard InChI is InChI=1S/C16H30OSi/c1-8-10-11-12-13-14-15(9-2)17-18(6,7)16(3,4)5/h9H,8,10-12H2,1-7H3/b15-9+. The molecule has 0 atom stereocenters. The van der Waals surface area contributed by atoms with Crippen molar-refractivity contribution in [3.8, 4) is 11.8 Å². The van der Waals surface area contributed by atoms with E-state index in [9.17, 15) is 0 Å². The van der Waals surface area contributed by atoms with Gasteiger partial charge in [0.2, 0.25) is 0 Å². The molecule has 0 aliphatic rings. The molecule has 0 heterocycles. The molecule has 18 heavy (non-hydrogen) atoms. The highest BCUT2D eigenvalue weighted by molar-refractivity contribution is 6.74. The van der Waals surface area contributed by atoms with E-state index in [0.717, 1.165) is 12.2 Å². The Balaban J connectivity index is 4.46. The quantitative estimate of drug-likeness (QED) is 0.276. The predicted octanol–water partition coefficient (Wildman–Crippen LogP) is 5.50. The van der Waals surface area contributed by atoms with E-state index >= 15 is 0 Å². The first-order chi connectivity index (χ1) is 8.24. The molecule has 0 bridgehead atoms. The van der Waals surface area contributed by atoms with Crippen LogP contribution in [0.15, 0.2) is 11.8 Å². The second-order valence-corrected chi connectivity index (χ2v) is 11.0. The van der Waals surface area contributed by atoms with Crippen molar-refractivity contribution >= 4 is 8.32 Å². The van der Waals surface area contributed by atoms with Crippen LogP contribution < -0.4 is 0 Å². The SMILES string of the molecule is C/C=C(\C#CCCCCC)O[Si](C)(C)C(C)(C)C. The van der Waals surface area contributed by atoms with Gasteiger partial charge in [0.05, 0.1) is 0 Å². The number of rotatable bonds is 5. The highest BCUT2D eigenvalue weighted by atomic mass is 28.4. The van der Waals surface area contributed by atoms with Crippen LogP contribution in [0.2, 0.25) is 18.1 Å². The van der Waals surface area contributed by atoms with Crippen LogP contribution >= 0.6 is 0 Å². The van der Waals surface area contributed by atoms with Crippen LogP contribution in [-0.4, -0.2) is 8.32 Å². The van der Waals surface area contributed by atoms with Gasteiger partial charge >= 0.3 is 0 Å². The van der Waals surface area contributed by atoms with E-state index < -0.39 is 8.32 Å². The van der Waals surface area contributed by atoms with Gasteiger partial charge in [0.15, 0.2) is 5.76 Å². The Kier molecular flexibility index (Phi) is 7.39. The highest BCUT2D eigenvalue weighted by Gasteiger charge is 2.39. The molecular weight excluding hydrogens is 236 g/mol. The molecule has 0 N–H and O–H groups in total. The summed E-state index contributed by atoms with van der Waals surface area (Å²) < 4.78 is 6.18. The van der Waals surface area contributed by atoms with E-state index in [-0.39, 0.29) is 5.04 Å². The molecule has 0 fully saturated rings. The maximum absolute atomic E-state index is 6.18. The Labute approximate surface area is 115 Å². The van der Waals surface area contributed by atoms with Crippen LogP contribution in [0.5, 0.6) is 0 Å². The molecule has 0 aromatic carbocycles. The summed E-state index contributed by atoms with van der Waals surface area (Å²) in [5, 5.41) is 0.227. The molecule has 0 radical (unpaired) electrons. The Morgan fingerprint density at radius 3 is 2.28 bits per heavy atom. The Morgan fingerprint density at radius 1 is 1.22 bits per heavy atom. The molecule has 0 amide bonds. The lowest BCUT2D eigenvalue weighted by atomic mass is 10.2. The lowest BCUT2D eigenvalue weighted by Gasteiger charge is -2.36. The Hall–Kier alpha value is -0.683. The van der Waals surface area contributed by atoms with Gasteiger partial charge in [-0.2, -0.15) is 0 Å². The van der Waals surface area contributed by atoms with E-state index in [1.807, 2.05) is 13.0 Å². The Bertz CT molecular complexity index is 323. The van der Waals surface area contributed by atoms with Gasteiger partial charge in [-0.05, 0) is 43.5 Å². The van der Waals surface area contributed by atoms with Crippen LogP contribution in [-0.2, 0) is 4.43 Å². The monoisotopic (exact) mass is 266 g/mol. The van der Waals surface area contributed by atoms with Gasteiger partial charge in [0, 0.05) is 6.42 Å². The zero-order valence-electron chi connectivity index (χ0n) is 13.3. The van der Waals surface area contributed by atoms with Crippen molar-refractivity contribution in [2.24, 2.45) is 0 Å². The van der Waals surface area contributed by atoms with Crippen molar-refractivity contribution in [1.29, 1.82) is 0 Å². The van der Waals surface area contributed by atoms with Crippen molar-refractivity contribution in [1.82, 2.24) is 0 Å². The summed E-state index contributed by atoms with van der Waals surface area (Å²) in [5.41, 5.74) is 0. The van der Waals surface area contributed by atoms with E-state index in [1.54, 1.807) is 0 Å². The van der Waals surface area contributed by atoms with Crippen LogP contribution in [0, 0.1) is 11.8 Å². The lowest BCUT2D eigenvalue weighted by molar-refractivity contribution is 0.403. The van der Waals surface area contributed by atoms with Crippen LogP contribution in [0.4, 0.5) is 0 Å². The molecule has 0 aromatic rings. The summed E-state index contributed by atoms with van der Waals surface area (Å²) in [7, 11) is -1.74. The van der Waals surface area contributed by atoms with Crippen LogP contribution in [0.3, 0.4) is 0 Å². The minimum atomic E-state index is -1.74. The summed E-state index contributed by atoms with van der Waals surface area (Å²) >= 11 is 0. The minimum Gasteiger partial charge on any atom is -0.538 e. The number of unbranched alkanes of at least 4 members (excludes halogenated alkanes) is 3. The summed E-state index contributed by atoms with van der Waals surface area (Å²) in [4.78, 5) is 0. The largest absolute Gasteiger partial charge is 0.538 e. The maximum Gasteiger partial charge on any atom is 0.251 e. The average Bonchev–Trinajstić information content (AvgIpc) is 2.25. The summed E-state index contributed by atoms with van der Waals surface area (Å²) in [6.45, 7) is 15.5. The summed E-state index contributed by atoms with van der Waals surface area (Å²) in [5.74, 6) is 7.26. The fraction of sp³-hybridized carbons (Fsp3) is 0.750. The van der Waals surface area contributed by atoms with E-state index in [4.69, 9.17) is 4.43 Å². The lowest BCUT2D eigenvalue weighted by Crippen LogP contribution is -2.40. The van der Waals surface area contributed by atoms with E-state index in [1.165, 1.54) is 19.3 Å². The first kappa shape index (κ1) is 17.3. The van der Waals surface area contributed by atoms with Gasteiger partial charge in [-0.3, -0.25) is 0 Å². The zero-order chi connectivity index (χ0) is 14.2. The second kappa shape index (κ2) is 7.69. The third-order valence-electron chi connectivity index (χ3n) is 3.55. The van der Waals surface area contributed by atoms with E-state index in [2.05, 4.69) is 52.6 Å². The van der Waals surface area contributed by atoms with Gasteiger partial charge in [-0.15, -0.1) is 0 Å². The molecule has 0 unspecified atom stereocenters. The maximum atomic E-state index is 6.18. The van der Waals surface area contributed by atoms with Crippen molar-refractivity contribution in [2.45, 2.75) is 78.4 Å². The Morgan fingerprint density at radius 2 is 1.83 bits per heavy atom. The fourth-order valence-electron chi connectivity index (χ4n) is 1.20. The van der Waals surface area contributed by atoms with Gasteiger partial charge in [-0.1, -0.05) is 46.5 Å². The topological polar surface area (TPSA) is 9.23 Å². The van der Waals surface area contributed by atoms with Gasteiger partial charge in [-0.25, -0.2) is 0 Å². The molecule has 2 heteroatoms. The molecule has 1 nitrogen and oxygen atoms in total. The third-order valence-corrected chi connectivity index (χ3v) is 7.89. The molecule has 0 saturated carbocycles. The fourth-order valence-corrected chi connectivity index (χ4v) is 2.22. The van der Waals surface area contributed by atoms with Crippen LogP contribution in [0.1, 0.15) is 60.3 Å². The zero-order valence-corrected chi connectivity index (χ0v) is 14.3. The molecule has 104 valence electrons. The van der Waals surface area contributed by atoms with Crippen LogP contribution in [0.25, 0.3) is 0 Å². The normalized spacial score (nSPS) is 12.9. The molecule has 0 spiro atoms. The molecule has 0 aliphatic carbocycles. The van der Waals surface area contributed by atoms with Crippen molar-refractivity contribution < 1.29 is 4.43 Å². The molecule has 0 rings (SSSR count). The smallest absolute Gasteiger partial charge is 0.251 e. The van der Waals surface area contributed by atoms with Crippen molar-refractivity contribution in [3.05, 3.63) is 11.8 Å². The predicted molar refractivity (Wildman–Crippen MR) is 84.0 cm³/mol. The number of allylic oxidation sites excluding steroid dienone is 2. The first-order valence-corrected chi connectivity index (χ1v) is 9.99. The minimum absolute atomic E-state index is 0.227. The van der Waals surface area contributed by atoms with Gasteiger partial charge < -0.3 is 4.43 Å². The van der Waals surface area contributed by atoms with Gasteiger partial charge in [0.1, 0.15) is 0 Å². The molecule has 0 aliphatic heterocycles. The number of hydrogen-bond acceptors (Lipinski definition) is 1.